The van der Waals surface area contributed by atoms with E-state index < -0.39 is 0 Å². The van der Waals surface area contributed by atoms with Gasteiger partial charge in [0.15, 0.2) is 5.17 Å². The van der Waals surface area contributed by atoms with Gasteiger partial charge in [-0.1, -0.05) is 32.5 Å². The number of amides is 1. The Balaban J connectivity index is 2.13. The van der Waals surface area contributed by atoms with Crippen LogP contribution in [0.1, 0.15) is 27.2 Å². The van der Waals surface area contributed by atoms with Crippen LogP contribution >= 0.6 is 11.8 Å². The standard InChI is InChI=1S/C11H21N3OS/c1-4-9-6-13-11(16-9)14-7-10(15)12-5-8(2)3/h8-9H,4-7H2,1-3H3,(H,12,15)(H,13,14). The van der Waals surface area contributed by atoms with Gasteiger partial charge in [0.2, 0.25) is 5.91 Å². The maximum absolute atomic E-state index is 11.4. The van der Waals surface area contributed by atoms with Gasteiger partial charge in [0, 0.05) is 11.8 Å². The molecular formula is C11H21N3OS. The first-order valence-corrected chi connectivity index (χ1v) is 6.71. The zero-order valence-electron chi connectivity index (χ0n) is 10.2. The number of rotatable bonds is 5. The monoisotopic (exact) mass is 243 g/mol. The number of amidine groups is 1. The minimum absolute atomic E-state index is 0.0388. The molecule has 2 N–H and O–H groups in total. The summed E-state index contributed by atoms with van der Waals surface area (Å²) in [5, 5.41) is 7.43. The zero-order chi connectivity index (χ0) is 12.0. The van der Waals surface area contributed by atoms with Crippen molar-refractivity contribution >= 4 is 22.8 Å². The molecule has 4 nitrogen and oxygen atoms in total. The third-order valence-electron chi connectivity index (χ3n) is 2.28. The van der Waals surface area contributed by atoms with Crippen LogP contribution in [-0.2, 0) is 4.79 Å². The van der Waals surface area contributed by atoms with E-state index in [1.807, 2.05) is 0 Å². The number of nitrogens with one attached hydrogen (secondary N) is 2. The number of aliphatic imine (C=N–C) groups is 1. The Morgan fingerprint density at radius 1 is 1.62 bits per heavy atom. The molecule has 1 rings (SSSR count). The van der Waals surface area contributed by atoms with E-state index in [-0.39, 0.29) is 5.91 Å². The Bertz CT molecular complexity index is 266. The molecule has 0 aromatic heterocycles. The highest BCUT2D eigenvalue weighted by molar-refractivity contribution is 8.14. The summed E-state index contributed by atoms with van der Waals surface area (Å²) in [5.41, 5.74) is 0. The minimum Gasteiger partial charge on any atom is -0.356 e. The Morgan fingerprint density at radius 3 is 2.94 bits per heavy atom. The van der Waals surface area contributed by atoms with E-state index in [1.54, 1.807) is 11.8 Å². The van der Waals surface area contributed by atoms with E-state index >= 15 is 0 Å². The van der Waals surface area contributed by atoms with Gasteiger partial charge in [-0.2, -0.15) is 0 Å². The van der Waals surface area contributed by atoms with Gasteiger partial charge in [-0.05, 0) is 12.3 Å². The van der Waals surface area contributed by atoms with Crippen molar-refractivity contribution in [3.05, 3.63) is 0 Å². The lowest BCUT2D eigenvalue weighted by Gasteiger charge is -2.09. The van der Waals surface area contributed by atoms with Gasteiger partial charge in [0.25, 0.3) is 0 Å². The van der Waals surface area contributed by atoms with Crippen molar-refractivity contribution in [1.82, 2.24) is 10.6 Å². The maximum Gasteiger partial charge on any atom is 0.239 e. The lowest BCUT2D eigenvalue weighted by Crippen LogP contribution is -2.37. The van der Waals surface area contributed by atoms with Crippen LogP contribution in [0.2, 0.25) is 0 Å². The molecule has 0 aromatic rings. The van der Waals surface area contributed by atoms with Crippen LogP contribution < -0.4 is 10.6 Å². The van der Waals surface area contributed by atoms with Crippen molar-refractivity contribution in [2.24, 2.45) is 10.9 Å². The first-order chi connectivity index (χ1) is 7.61. The fourth-order valence-electron chi connectivity index (χ4n) is 1.26. The van der Waals surface area contributed by atoms with Gasteiger partial charge in [-0.15, -0.1) is 0 Å². The molecular weight excluding hydrogens is 222 g/mol. The number of hydrogen-bond acceptors (Lipinski definition) is 4. The van der Waals surface area contributed by atoms with Crippen LogP contribution in [0.4, 0.5) is 0 Å². The zero-order valence-corrected chi connectivity index (χ0v) is 11.1. The molecule has 1 aliphatic heterocycles. The van der Waals surface area contributed by atoms with Gasteiger partial charge in [0.1, 0.15) is 0 Å². The highest BCUT2D eigenvalue weighted by Crippen LogP contribution is 2.21. The van der Waals surface area contributed by atoms with Gasteiger partial charge in [-0.25, -0.2) is 0 Å². The average Bonchev–Trinajstić information content (AvgIpc) is 2.71. The highest BCUT2D eigenvalue weighted by atomic mass is 32.2. The van der Waals surface area contributed by atoms with E-state index in [0.717, 1.165) is 24.7 Å². The molecule has 0 bridgehead atoms. The van der Waals surface area contributed by atoms with E-state index in [9.17, 15) is 4.79 Å². The van der Waals surface area contributed by atoms with Crippen LogP contribution in [0, 0.1) is 5.92 Å². The molecule has 0 saturated heterocycles. The summed E-state index contributed by atoms with van der Waals surface area (Å²) in [6.07, 6.45) is 1.12. The molecule has 1 heterocycles. The summed E-state index contributed by atoms with van der Waals surface area (Å²) in [7, 11) is 0. The fourth-order valence-corrected chi connectivity index (χ4v) is 2.20. The third kappa shape index (κ3) is 4.88. The molecule has 0 aromatic carbocycles. The van der Waals surface area contributed by atoms with E-state index in [1.165, 1.54) is 0 Å². The minimum atomic E-state index is 0.0388. The predicted octanol–water partition coefficient (Wildman–Crippen LogP) is 1.23. The first-order valence-electron chi connectivity index (χ1n) is 5.83. The fraction of sp³-hybridized carbons (Fsp3) is 0.818. The summed E-state index contributed by atoms with van der Waals surface area (Å²) in [5.74, 6) is 0.531. The molecule has 0 spiro atoms. The van der Waals surface area contributed by atoms with Gasteiger partial charge in [-0.3, -0.25) is 9.79 Å². The summed E-state index contributed by atoms with van der Waals surface area (Å²) in [6.45, 7) is 8.25. The molecule has 1 amide bonds. The Hall–Kier alpha value is -0.710. The normalized spacial score (nSPS) is 19.8. The lowest BCUT2D eigenvalue weighted by atomic mass is 10.2. The van der Waals surface area contributed by atoms with Gasteiger partial charge in [0.05, 0.1) is 13.1 Å². The number of carbonyl (C=O) groups is 1. The number of carbonyl (C=O) groups excluding carboxylic acids is 1. The smallest absolute Gasteiger partial charge is 0.239 e. The topological polar surface area (TPSA) is 53.5 Å². The van der Waals surface area contributed by atoms with Crippen LogP contribution in [0.5, 0.6) is 0 Å². The molecule has 16 heavy (non-hydrogen) atoms. The van der Waals surface area contributed by atoms with E-state index in [2.05, 4.69) is 36.4 Å². The Labute approximate surface area is 102 Å². The summed E-state index contributed by atoms with van der Waals surface area (Å²) < 4.78 is 0. The van der Waals surface area contributed by atoms with E-state index in [4.69, 9.17) is 0 Å². The SMILES string of the molecule is CCC1CN=C(NCC(=O)NCC(C)C)S1. The second kappa shape index (κ2) is 6.78. The van der Waals surface area contributed by atoms with Crippen LogP contribution in [0.3, 0.4) is 0 Å². The Morgan fingerprint density at radius 2 is 2.38 bits per heavy atom. The van der Waals surface area contributed by atoms with E-state index in [0.29, 0.717) is 17.7 Å². The maximum atomic E-state index is 11.4. The van der Waals surface area contributed by atoms with Crippen LogP contribution in [-0.4, -0.2) is 36.0 Å². The molecule has 0 aliphatic carbocycles. The van der Waals surface area contributed by atoms with Gasteiger partial charge >= 0.3 is 0 Å². The molecule has 0 saturated carbocycles. The quantitative estimate of drug-likeness (QED) is 0.763. The highest BCUT2D eigenvalue weighted by Gasteiger charge is 2.17. The largest absolute Gasteiger partial charge is 0.356 e. The van der Waals surface area contributed by atoms with Crippen LogP contribution in [0.25, 0.3) is 0 Å². The second-order valence-electron chi connectivity index (χ2n) is 4.35. The molecule has 92 valence electrons. The molecule has 1 unspecified atom stereocenters. The van der Waals surface area contributed by atoms with Crippen molar-refractivity contribution in [3.8, 4) is 0 Å². The molecule has 5 heteroatoms. The van der Waals surface area contributed by atoms with Crippen molar-refractivity contribution in [3.63, 3.8) is 0 Å². The van der Waals surface area contributed by atoms with Crippen molar-refractivity contribution in [1.29, 1.82) is 0 Å². The molecule has 1 aliphatic rings. The van der Waals surface area contributed by atoms with Crippen molar-refractivity contribution in [2.45, 2.75) is 32.4 Å². The molecule has 0 radical (unpaired) electrons. The third-order valence-corrected chi connectivity index (χ3v) is 3.59. The summed E-state index contributed by atoms with van der Waals surface area (Å²) in [4.78, 5) is 15.8. The average molecular weight is 243 g/mol. The van der Waals surface area contributed by atoms with Gasteiger partial charge < -0.3 is 10.6 Å². The molecule has 1 atom stereocenters. The second-order valence-corrected chi connectivity index (χ2v) is 5.63. The number of thioether (sulfide) groups is 1. The number of hydrogen-bond donors (Lipinski definition) is 2. The van der Waals surface area contributed by atoms with Crippen LogP contribution in [0.15, 0.2) is 4.99 Å². The lowest BCUT2D eigenvalue weighted by molar-refractivity contribution is -0.120. The summed E-state index contributed by atoms with van der Waals surface area (Å²) in [6, 6.07) is 0. The van der Waals surface area contributed by atoms with Crippen molar-refractivity contribution < 1.29 is 4.79 Å². The molecule has 0 fully saturated rings. The predicted molar refractivity (Wildman–Crippen MR) is 69.8 cm³/mol. The van der Waals surface area contributed by atoms with Crippen molar-refractivity contribution in [2.75, 3.05) is 19.6 Å². The summed E-state index contributed by atoms with van der Waals surface area (Å²) >= 11 is 1.74. The Kier molecular flexibility index (Phi) is 5.66. The first kappa shape index (κ1) is 13.4. The number of nitrogens with zero attached hydrogens (tertiary/aromatic N) is 1.